The molecule has 0 saturated carbocycles. The van der Waals surface area contributed by atoms with E-state index in [1.54, 1.807) is 0 Å². The molecule has 140 valence electrons. The number of rotatable bonds is 7. The molecule has 0 fully saturated rings. The van der Waals surface area contributed by atoms with Gasteiger partial charge in [-0.1, -0.05) is 91.0 Å². The number of benzene rings is 3. The molecule has 1 atom stereocenters. The maximum absolute atomic E-state index is 2.68. The van der Waals surface area contributed by atoms with Gasteiger partial charge in [0.05, 0.1) is 5.78 Å². The lowest BCUT2D eigenvalue weighted by atomic mass is 10.1. The van der Waals surface area contributed by atoms with Crippen LogP contribution in [0.3, 0.4) is 0 Å². The van der Waals surface area contributed by atoms with E-state index in [4.69, 9.17) is 0 Å². The minimum absolute atomic E-state index is 0.339. The Kier molecular flexibility index (Phi) is 6.83. The largest absolute Gasteiger partial charge is 0.287 e. The van der Waals surface area contributed by atoms with Crippen molar-refractivity contribution in [2.24, 2.45) is 0 Å². The molecular formula is C25H30NP. The lowest BCUT2D eigenvalue weighted by Gasteiger charge is -2.43. The van der Waals surface area contributed by atoms with Crippen LogP contribution in [0, 0.1) is 0 Å². The van der Waals surface area contributed by atoms with Gasteiger partial charge < -0.3 is 0 Å². The van der Waals surface area contributed by atoms with E-state index in [-0.39, 0.29) is 0 Å². The molecule has 3 aromatic carbocycles. The zero-order chi connectivity index (χ0) is 19.2. The summed E-state index contributed by atoms with van der Waals surface area (Å²) in [6.07, 6.45) is 0. The lowest BCUT2D eigenvalue weighted by molar-refractivity contribution is 0.158. The highest BCUT2D eigenvalue weighted by atomic mass is 31.1. The van der Waals surface area contributed by atoms with Crippen molar-refractivity contribution >= 4 is 18.5 Å². The normalized spacial score (nSPS) is 12.9. The van der Waals surface area contributed by atoms with E-state index in [1.807, 2.05) is 0 Å². The number of hydrogen-bond donors (Lipinski definition) is 0. The van der Waals surface area contributed by atoms with Crippen LogP contribution >= 0.6 is 7.92 Å². The first-order chi connectivity index (χ1) is 13.1. The standard InChI is InChI=1S/C25H30NP/c1-20(2)26(21(3)4)25(22-14-8-5-9-15-22)27(23-16-10-6-11-17-23)24-18-12-7-13-19-24/h5-21,25H,1-4H3. The molecule has 1 nitrogen and oxygen atoms in total. The first kappa shape index (κ1) is 19.8. The van der Waals surface area contributed by atoms with Crippen molar-refractivity contribution in [3.05, 3.63) is 96.6 Å². The molecular weight excluding hydrogens is 345 g/mol. The van der Waals surface area contributed by atoms with Crippen LogP contribution in [-0.4, -0.2) is 17.0 Å². The molecule has 0 heterocycles. The van der Waals surface area contributed by atoms with E-state index >= 15 is 0 Å². The van der Waals surface area contributed by atoms with Gasteiger partial charge in [0, 0.05) is 12.1 Å². The Labute approximate surface area is 165 Å². The summed E-state index contributed by atoms with van der Waals surface area (Å²) in [6, 6.07) is 34.1. The van der Waals surface area contributed by atoms with Crippen LogP contribution in [-0.2, 0) is 0 Å². The molecule has 0 aliphatic heterocycles. The van der Waals surface area contributed by atoms with Crippen molar-refractivity contribution < 1.29 is 0 Å². The predicted molar refractivity (Wildman–Crippen MR) is 120 cm³/mol. The van der Waals surface area contributed by atoms with E-state index in [9.17, 15) is 0 Å². The van der Waals surface area contributed by atoms with Crippen LogP contribution in [0.15, 0.2) is 91.0 Å². The highest BCUT2D eigenvalue weighted by Crippen LogP contribution is 2.52. The van der Waals surface area contributed by atoms with Crippen molar-refractivity contribution in [3.63, 3.8) is 0 Å². The molecule has 0 spiro atoms. The first-order valence-electron chi connectivity index (χ1n) is 9.81. The van der Waals surface area contributed by atoms with Crippen LogP contribution in [0.25, 0.3) is 0 Å². The quantitative estimate of drug-likeness (QED) is 0.462. The summed E-state index contributed by atoms with van der Waals surface area (Å²) in [6.45, 7) is 9.28. The zero-order valence-electron chi connectivity index (χ0n) is 16.8. The van der Waals surface area contributed by atoms with Gasteiger partial charge in [-0.15, -0.1) is 0 Å². The highest BCUT2D eigenvalue weighted by Gasteiger charge is 2.34. The minimum Gasteiger partial charge on any atom is -0.287 e. The predicted octanol–water partition coefficient (Wildman–Crippen LogP) is 5.94. The first-order valence-corrected chi connectivity index (χ1v) is 11.2. The average molecular weight is 375 g/mol. The van der Waals surface area contributed by atoms with Crippen LogP contribution in [0.1, 0.15) is 39.0 Å². The van der Waals surface area contributed by atoms with Crippen molar-refractivity contribution in [2.75, 3.05) is 0 Å². The summed E-state index contributed by atoms with van der Waals surface area (Å²) in [7, 11) is -0.569. The summed E-state index contributed by atoms with van der Waals surface area (Å²) in [5.41, 5.74) is 1.40. The van der Waals surface area contributed by atoms with Gasteiger partial charge in [0.25, 0.3) is 0 Å². The van der Waals surface area contributed by atoms with Crippen molar-refractivity contribution in [1.82, 2.24) is 4.90 Å². The Morgan fingerprint density at radius 3 is 1.30 bits per heavy atom. The molecule has 0 aromatic heterocycles. The maximum atomic E-state index is 2.68. The number of nitrogens with zero attached hydrogens (tertiary/aromatic N) is 1. The van der Waals surface area contributed by atoms with Crippen LogP contribution < -0.4 is 10.6 Å². The topological polar surface area (TPSA) is 3.24 Å². The van der Waals surface area contributed by atoms with Gasteiger partial charge in [-0.2, -0.15) is 0 Å². The minimum atomic E-state index is -0.569. The molecule has 3 aromatic rings. The van der Waals surface area contributed by atoms with Crippen molar-refractivity contribution in [3.8, 4) is 0 Å². The molecule has 0 aliphatic carbocycles. The Balaban J connectivity index is 2.22. The Hall–Kier alpha value is -1.95. The summed E-state index contributed by atoms with van der Waals surface area (Å²) >= 11 is 0. The van der Waals surface area contributed by atoms with Gasteiger partial charge in [0.2, 0.25) is 0 Å². The Bertz CT molecular complexity index is 752. The molecule has 27 heavy (non-hydrogen) atoms. The molecule has 0 bridgehead atoms. The molecule has 0 saturated heterocycles. The van der Waals surface area contributed by atoms with Gasteiger partial charge in [0.1, 0.15) is 0 Å². The Morgan fingerprint density at radius 2 is 0.926 bits per heavy atom. The SMILES string of the molecule is CC(C)N(C(C)C)C(c1ccccc1)P(c1ccccc1)c1ccccc1. The van der Waals surface area contributed by atoms with E-state index < -0.39 is 7.92 Å². The fourth-order valence-corrected chi connectivity index (χ4v) is 6.97. The molecule has 1 unspecified atom stereocenters. The molecule has 0 N–H and O–H groups in total. The summed E-state index contributed by atoms with van der Waals surface area (Å²) in [5.74, 6) is 0.339. The second-order valence-corrected chi connectivity index (χ2v) is 9.72. The van der Waals surface area contributed by atoms with Crippen LogP contribution in [0.4, 0.5) is 0 Å². The fraction of sp³-hybridized carbons (Fsp3) is 0.280. The summed E-state index contributed by atoms with van der Waals surface area (Å²) < 4.78 is 0. The second-order valence-electron chi connectivity index (χ2n) is 7.46. The van der Waals surface area contributed by atoms with E-state index in [0.717, 1.165) is 0 Å². The fourth-order valence-electron chi connectivity index (χ4n) is 3.85. The Morgan fingerprint density at radius 1 is 0.556 bits per heavy atom. The zero-order valence-corrected chi connectivity index (χ0v) is 17.7. The monoisotopic (exact) mass is 375 g/mol. The maximum Gasteiger partial charge on any atom is 0.0635 e. The van der Waals surface area contributed by atoms with Gasteiger partial charge in [-0.3, -0.25) is 4.90 Å². The van der Waals surface area contributed by atoms with E-state index in [0.29, 0.717) is 17.9 Å². The molecule has 0 aliphatic rings. The second kappa shape index (κ2) is 9.31. The number of hydrogen-bond acceptors (Lipinski definition) is 1. The van der Waals surface area contributed by atoms with Crippen LogP contribution in [0.5, 0.6) is 0 Å². The van der Waals surface area contributed by atoms with Gasteiger partial charge in [-0.05, 0) is 51.8 Å². The highest BCUT2D eigenvalue weighted by molar-refractivity contribution is 7.73. The molecule has 2 heteroatoms. The van der Waals surface area contributed by atoms with Crippen molar-refractivity contribution in [1.29, 1.82) is 0 Å². The van der Waals surface area contributed by atoms with Gasteiger partial charge >= 0.3 is 0 Å². The molecule has 0 amide bonds. The van der Waals surface area contributed by atoms with Gasteiger partial charge in [-0.25, -0.2) is 0 Å². The third kappa shape index (κ3) is 4.67. The van der Waals surface area contributed by atoms with Crippen LogP contribution in [0.2, 0.25) is 0 Å². The van der Waals surface area contributed by atoms with E-state index in [1.165, 1.54) is 16.2 Å². The average Bonchev–Trinajstić information content (AvgIpc) is 2.69. The smallest absolute Gasteiger partial charge is 0.0635 e. The molecule has 3 rings (SSSR count). The van der Waals surface area contributed by atoms with E-state index in [2.05, 4.69) is 124 Å². The molecule has 0 radical (unpaired) electrons. The summed E-state index contributed by atoms with van der Waals surface area (Å²) in [5, 5.41) is 2.86. The third-order valence-corrected chi connectivity index (χ3v) is 7.65. The lowest BCUT2D eigenvalue weighted by Crippen LogP contribution is -2.41. The van der Waals surface area contributed by atoms with Gasteiger partial charge in [0.15, 0.2) is 0 Å². The third-order valence-electron chi connectivity index (χ3n) is 4.89. The van der Waals surface area contributed by atoms with Crippen molar-refractivity contribution in [2.45, 2.75) is 45.6 Å². The summed E-state index contributed by atoms with van der Waals surface area (Å²) in [4.78, 5) is 2.68.